The van der Waals surface area contributed by atoms with Crippen LogP contribution in [-0.4, -0.2) is 22.6 Å². The van der Waals surface area contributed by atoms with Crippen molar-refractivity contribution >= 4 is 9.52 Å². The molecule has 142 valence electrons. The van der Waals surface area contributed by atoms with Crippen LogP contribution < -0.4 is 5.32 Å². The van der Waals surface area contributed by atoms with Crippen LogP contribution in [0.1, 0.15) is 110 Å². The van der Waals surface area contributed by atoms with Gasteiger partial charge in [-0.15, -0.1) is 0 Å². The molecule has 0 radical (unpaired) electrons. The largest absolute Gasteiger partial charge is 0.317 e. The highest BCUT2D eigenvalue weighted by molar-refractivity contribution is 6.31. The molecule has 0 saturated carbocycles. The molecule has 0 aromatic rings. The summed E-state index contributed by atoms with van der Waals surface area (Å²) in [6, 6.07) is 0. The normalized spacial score (nSPS) is 10.4. The van der Waals surface area contributed by atoms with Crippen molar-refractivity contribution in [2.45, 2.75) is 123 Å². The van der Waals surface area contributed by atoms with Crippen molar-refractivity contribution in [1.29, 1.82) is 0 Å². The molecule has 0 amide bonds. The predicted molar refractivity (Wildman–Crippen MR) is 114 cm³/mol. The quantitative estimate of drug-likeness (QED) is 0.228. The highest BCUT2D eigenvalue weighted by Crippen LogP contribution is 2.12. The van der Waals surface area contributed by atoms with E-state index in [-0.39, 0.29) is 0 Å². The molecule has 0 fully saturated rings. The van der Waals surface area contributed by atoms with E-state index in [4.69, 9.17) is 0 Å². The maximum absolute atomic E-state index is 3.48. The first kappa shape index (κ1) is 25.4. The first-order valence-electron chi connectivity index (χ1n) is 11.0. The number of nitrogens with one attached hydrogen (secondary N) is 1. The van der Waals surface area contributed by atoms with E-state index in [1.807, 2.05) is 0 Å². The van der Waals surface area contributed by atoms with Crippen molar-refractivity contribution in [1.82, 2.24) is 5.32 Å². The summed E-state index contributed by atoms with van der Waals surface area (Å²) in [6.45, 7) is 11.5. The van der Waals surface area contributed by atoms with Gasteiger partial charge in [0, 0.05) is 9.52 Å². The summed E-state index contributed by atoms with van der Waals surface area (Å²) in [5, 5.41) is 3.48. The van der Waals surface area contributed by atoms with Crippen molar-refractivity contribution in [3.63, 3.8) is 0 Å². The van der Waals surface area contributed by atoms with E-state index in [1.54, 1.807) is 0 Å². The third kappa shape index (κ3) is 30.6. The zero-order valence-electron chi connectivity index (χ0n) is 17.2. The van der Waals surface area contributed by atoms with E-state index in [9.17, 15) is 0 Å². The lowest BCUT2D eigenvalue weighted by Gasteiger charge is -2.04. The Morgan fingerprint density at radius 1 is 0.478 bits per heavy atom. The van der Waals surface area contributed by atoms with E-state index in [0.717, 1.165) is 0 Å². The average molecular weight is 344 g/mol. The van der Waals surface area contributed by atoms with Crippen molar-refractivity contribution in [3.8, 4) is 0 Å². The third-order valence-corrected chi connectivity index (χ3v) is 4.13. The molecule has 0 heterocycles. The molecule has 0 rings (SSSR count). The maximum atomic E-state index is 3.48. The van der Waals surface area contributed by atoms with E-state index >= 15 is 0 Å². The van der Waals surface area contributed by atoms with Crippen LogP contribution in [0, 0.1) is 0 Å². The minimum atomic E-state index is 0.417. The monoisotopic (exact) mass is 343 g/mol. The molecule has 0 aliphatic carbocycles. The van der Waals surface area contributed by atoms with Crippen molar-refractivity contribution in [2.75, 3.05) is 13.1 Å². The van der Waals surface area contributed by atoms with Crippen LogP contribution in [0.3, 0.4) is 0 Å². The van der Waals surface area contributed by atoms with Crippen LogP contribution in [0.4, 0.5) is 0 Å². The van der Waals surface area contributed by atoms with Crippen molar-refractivity contribution < 1.29 is 0 Å². The standard InChI is InChI=1S/C19H41N.C2H8Si/c1-3-5-6-7-8-9-10-11-12-13-14-15-16-17-19-20-18-4-2;1-3-2/h20H,3-19H2,1-2H3;3H2,1-2H3. The van der Waals surface area contributed by atoms with Crippen LogP contribution in [-0.2, 0) is 0 Å². The fourth-order valence-electron chi connectivity index (χ4n) is 2.75. The van der Waals surface area contributed by atoms with E-state index in [2.05, 4.69) is 32.3 Å². The average Bonchev–Trinajstić information content (AvgIpc) is 2.55. The van der Waals surface area contributed by atoms with E-state index in [1.165, 1.54) is 109 Å². The molecule has 2 heteroatoms. The summed E-state index contributed by atoms with van der Waals surface area (Å²) in [4.78, 5) is 0. The fourth-order valence-corrected chi connectivity index (χ4v) is 2.75. The topological polar surface area (TPSA) is 12.0 Å². The lowest BCUT2D eigenvalue weighted by atomic mass is 10.0. The van der Waals surface area contributed by atoms with Crippen molar-refractivity contribution in [2.24, 2.45) is 0 Å². The van der Waals surface area contributed by atoms with E-state index < -0.39 is 0 Å². The Labute approximate surface area is 151 Å². The molecule has 0 aliphatic rings. The van der Waals surface area contributed by atoms with Gasteiger partial charge in [0.1, 0.15) is 0 Å². The Morgan fingerprint density at radius 2 is 0.826 bits per heavy atom. The van der Waals surface area contributed by atoms with Gasteiger partial charge in [-0.1, -0.05) is 110 Å². The molecule has 0 unspecified atom stereocenters. The summed E-state index contributed by atoms with van der Waals surface area (Å²) >= 11 is 0. The van der Waals surface area contributed by atoms with Crippen molar-refractivity contribution in [3.05, 3.63) is 0 Å². The van der Waals surface area contributed by atoms with Gasteiger partial charge in [0.2, 0.25) is 0 Å². The zero-order chi connectivity index (χ0) is 17.4. The first-order chi connectivity index (χ1) is 11.3. The minimum Gasteiger partial charge on any atom is -0.317 e. The van der Waals surface area contributed by atoms with Gasteiger partial charge in [0.15, 0.2) is 0 Å². The molecular weight excluding hydrogens is 294 g/mol. The summed E-state index contributed by atoms with van der Waals surface area (Å²) < 4.78 is 0. The summed E-state index contributed by atoms with van der Waals surface area (Å²) in [7, 11) is 0.417. The molecule has 0 bridgehead atoms. The SMILES string of the molecule is CCCCCCCCCCCCCCCCNCCC.C[SiH2]C. The fraction of sp³-hybridized carbons (Fsp3) is 1.00. The Hall–Kier alpha value is 0.177. The summed E-state index contributed by atoms with van der Waals surface area (Å²) in [6.07, 6.45) is 21.6. The van der Waals surface area contributed by atoms with Gasteiger partial charge in [-0.25, -0.2) is 0 Å². The molecule has 1 nitrogen and oxygen atoms in total. The lowest BCUT2D eigenvalue weighted by Crippen LogP contribution is -2.15. The number of hydrogen-bond donors (Lipinski definition) is 1. The smallest absolute Gasteiger partial charge is 0.0135 e. The predicted octanol–water partition coefficient (Wildman–Crippen LogP) is 6.72. The van der Waals surface area contributed by atoms with Gasteiger partial charge in [-0.05, 0) is 25.9 Å². The molecule has 0 aromatic carbocycles. The Bertz CT molecular complexity index is 155. The van der Waals surface area contributed by atoms with Gasteiger partial charge in [-0.3, -0.25) is 0 Å². The molecule has 0 saturated heterocycles. The van der Waals surface area contributed by atoms with Crippen LogP contribution in [0.25, 0.3) is 0 Å². The van der Waals surface area contributed by atoms with E-state index in [0.29, 0.717) is 9.52 Å². The second kappa shape index (κ2) is 27.0. The molecule has 0 aromatic heterocycles. The Balaban J connectivity index is 0. The van der Waals surface area contributed by atoms with Gasteiger partial charge in [-0.2, -0.15) is 0 Å². The molecule has 0 atom stereocenters. The van der Waals surface area contributed by atoms with Gasteiger partial charge in [0.25, 0.3) is 0 Å². The molecule has 23 heavy (non-hydrogen) atoms. The molecule has 0 aliphatic heterocycles. The van der Waals surface area contributed by atoms with Gasteiger partial charge >= 0.3 is 0 Å². The number of unbranched alkanes of at least 4 members (excludes halogenated alkanes) is 13. The van der Waals surface area contributed by atoms with Crippen LogP contribution in [0.2, 0.25) is 13.1 Å². The second-order valence-corrected chi connectivity index (χ2v) is 8.47. The molecule has 1 N–H and O–H groups in total. The highest BCUT2D eigenvalue weighted by atomic mass is 28.2. The maximum Gasteiger partial charge on any atom is 0.0135 e. The van der Waals surface area contributed by atoms with Crippen LogP contribution in [0.5, 0.6) is 0 Å². The Morgan fingerprint density at radius 3 is 1.17 bits per heavy atom. The highest BCUT2D eigenvalue weighted by Gasteiger charge is 1.94. The molecule has 0 spiro atoms. The first-order valence-corrected chi connectivity index (χ1v) is 13.9. The lowest BCUT2D eigenvalue weighted by molar-refractivity contribution is 0.529. The minimum absolute atomic E-state index is 0.417. The zero-order valence-corrected chi connectivity index (χ0v) is 18.6. The summed E-state index contributed by atoms with van der Waals surface area (Å²) in [5.41, 5.74) is 0. The molecular formula is C21H49NSi. The summed E-state index contributed by atoms with van der Waals surface area (Å²) in [5.74, 6) is 0. The third-order valence-electron chi connectivity index (χ3n) is 4.13. The van der Waals surface area contributed by atoms with Crippen LogP contribution in [0.15, 0.2) is 0 Å². The number of hydrogen-bond acceptors (Lipinski definition) is 1. The van der Waals surface area contributed by atoms with Gasteiger partial charge < -0.3 is 5.32 Å². The number of rotatable bonds is 17. The Kier molecular flexibility index (Phi) is 29.9. The second-order valence-electron chi connectivity index (χ2n) is 7.05. The van der Waals surface area contributed by atoms with Gasteiger partial charge in [0.05, 0.1) is 0 Å². The van der Waals surface area contributed by atoms with Crippen LogP contribution >= 0.6 is 0 Å².